The average molecular weight is 214 g/mol. The normalized spacial score (nSPS) is 13.9. The lowest BCUT2D eigenvalue weighted by Gasteiger charge is -2.04. The lowest BCUT2D eigenvalue weighted by molar-refractivity contribution is -0.118. The fourth-order valence-corrected chi connectivity index (χ4v) is 1.20. The third-order valence-corrected chi connectivity index (χ3v) is 1.91. The van der Waals surface area contributed by atoms with Crippen molar-refractivity contribution < 1.29 is 13.2 Å². The Morgan fingerprint density at radius 1 is 1.58 bits per heavy atom. The molecule has 0 bridgehead atoms. The van der Waals surface area contributed by atoms with E-state index in [0.717, 1.165) is 6.26 Å². The molecule has 1 N–H and O–H groups in total. The highest BCUT2D eigenvalue weighted by Crippen LogP contribution is 1.89. The summed E-state index contributed by atoms with van der Waals surface area (Å²) in [6, 6.07) is 0. The number of hydrogen-bond acceptors (Lipinski definition) is 3. The number of carbonyl (C=O) groups is 1. The zero-order valence-corrected chi connectivity index (χ0v) is 8.57. The molecule has 0 aromatic carbocycles. The maximum absolute atomic E-state index is 10.8. The van der Waals surface area contributed by atoms with E-state index in [1.54, 1.807) is 6.92 Å². The van der Waals surface area contributed by atoms with Crippen LogP contribution in [-0.2, 0) is 14.6 Å². The number of sulfone groups is 1. The van der Waals surface area contributed by atoms with Crippen LogP contribution in [0.15, 0.2) is 0 Å². The summed E-state index contributed by atoms with van der Waals surface area (Å²) in [6.07, 6.45) is 1.01. The summed E-state index contributed by atoms with van der Waals surface area (Å²) >= 11 is 5.53. The van der Waals surface area contributed by atoms with Crippen molar-refractivity contribution in [2.45, 2.75) is 12.3 Å². The van der Waals surface area contributed by atoms with Gasteiger partial charge in [0.15, 0.2) is 9.84 Å². The quantitative estimate of drug-likeness (QED) is 0.657. The van der Waals surface area contributed by atoms with E-state index in [9.17, 15) is 13.2 Å². The first kappa shape index (κ1) is 11.7. The number of halogens is 1. The van der Waals surface area contributed by atoms with Crippen LogP contribution in [-0.4, -0.2) is 38.3 Å². The monoisotopic (exact) mass is 213 g/mol. The summed E-state index contributed by atoms with van der Waals surface area (Å²) in [4.78, 5) is 10.8. The first-order chi connectivity index (χ1) is 5.31. The van der Waals surface area contributed by atoms with Crippen LogP contribution < -0.4 is 5.32 Å². The van der Waals surface area contributed by atoms with Gasteiger partial charge in [-0.2, -0.15) is 0 Å². The molecular formula is C6H12ClNO3S. The van der Waals surface area contributed by atoms with Gasteiger partial charge in [0.25, 0.3) is 0 Å². The van der Waals surface area contributed by atoms with Crippen molar-refractivity contribution in [3.63, 3.8) is 0 Å². The molecule has 0 rings (SSSR count). The van der Waals surface area contributed by atoms with Crippen molar-refractivity contribution in [2.24, 2.45) is 0 Å². The summed E-state index contributed by atoms with van der Waals surface area (Å²) in [5.74, 6) is -0.985. The van der Waals surface area contributed by atoms with Crippen LogP contribution in [0.3, 0.4) is 0 Å². The lowest BCUT2D eigenvalue weighted by Crippen LogP contribution is -2.33. The largest absolute Gasteiger partial charge is 0.354 e. The number of rotatable bonds is 4. The molecule has 1 amide bonds. The Morgan fingerprint density at radius 2 is 2.08 bits per heavy atom. The summed E-state index contributed by atoms with van der Waals surface area (Å²) in [5, 5.41) is 2.20. The smallest absolute Gasteiger partial charge is 0.235 e. The molecule has 0 aromatic heterocycles. The van der Waals surface area contributed by atoms with Crippen molar-refractivity contribution in [1.82, 2.24) is 5.32 Å². The second kappa shape index (κ2) is 4.67. The summed E-state index contributed by atoms with van der Waals surface area (Å²) in [7, 11) is -3.23. The van der Waals surface area contributed by atoms with Gasteiger partial charge in [-0.3, -0.25) is 4.79 Å². The van der Waals surface area contributed by atoms with Crippen molar-refractivity contribution in [1.29, 1.82) is 0 Å². The third-order valence-electron chi connectivity index (χ3n) is 0.974. The standard InChI is InChI=1S/C6H12ClNO3S/c1-5(7)3-8-6(9)4-12(2,10)11/h5H,3-4H2,1-2H3,(H,8,9). The third kappa shape index (κ3) is 7.81. The molecule has 0 aliphatic rings. The van der Waals surface area contributed by atoms with E-state index in [0.29, 0.717) is 0 Å². The number of amides is 1. The molecule has 0 aliphatic carbocycles. The van der Waals surface area contributed by atoms with Gasteiger partial charge in [-0.05, 0) is 6.92 Å². The van der Waals surface area contributed by atoms with Crippen LogP contribution in [0.4, 0.5) is 0 Å². The minimum atomic E-state index is -3.23. The van der Waals surface area contributed by atoms with Gasteiger partial charge in [0.05, 0.1) is 0 Å². The van der Waals surface area contributed by atoms with Crippen LogP contribution in [0, 0.1) is 0 Å². The molecule has 0 fully saturated rings. The molecule has 12 heavy (non-hydrogen) atoms. The molecule has 0 saturated carbocycles. The second-order valence-electron chi connectivity index (χ2n) is 2.65. The lowest BCUT2D eigenvalue weighted by atomic mass is 10.4. The highest BCUT2D eigenvalue weighted by Gasteiger charge is 2.10. The van der Waals surface area contributed by atoms with Gasteiger partial charge in [-0.15, -0.1) is 11.6 Å². The SMILES string of the molecule is CC(Cl)CNC(=O)CS(C)(=O)=O. The Morgan fingerprint density at radius 3 is 2.42 bits per heavy atom. The molecule has 4 nitrogen and oxygen atoms in total. The summed E-state index contributed by atoms with van der Waals surface area (Å²) in [5.41, 5.74) is 0. The van der Waals surface area contributed by atoms with Crippen molar-refractivity contribution >= 4 is 27.3 Å². The maximum atomic E-state index is 10.8. The van der Waals surface area contributed by atoms with Crippen LogP contribution in [0.2, 0.25) is 0 Å². The predicted molar refractivity (Wildman–Crippen MR) is 48.0 cm³/mol. The van der Waals surface area contributed by atoms with E-state index in [4.69, 9.17) is 11.6 Å². The van der Waals surface area contributed by atoms with E-state index in [-0.39, 0.29) is 11.9 Å². The molecule has 72 valence electrons. The summed E-state index contributed by atoms with van der Waals surface area (Å²) in [6.45, 7) is 2.00. The molecular weight excluding hydrogens is 202 g/mol. The predicted octanol–water partition coefficient (Wildman–Crippen LogP) is -0.226. The van der Waals surface area contributed by atoms with E-state index in [1.165, 1.54) is 0 Å². The number of alkyl halides is 1. The van der Waals surface area contributed by atoms with Gasteiger partial charge in [0.2, 0.25) is 5.91 Å². The fraction of sp³-hybridized carbons (Fsp3) is 0.833. The molecule has 0 spiro atoms. The Balaban J connectivity index is 3.77. The van der Waals surface area contributed by atoms with Gasteiger partial charge >= 0.3 is 0 Å². The highest BCUT2D eigenvalue weighted by atomic mass is 35.5. The second-order valence-corrected chi connectivity index (χ2v) is 5.54. The first-order valence-electron chi connectivity index (χ1n) is 3.40. The maximum Gasteiger partial charge on any atom is 0.235 e. The van der Waals surface area contributed by atoms with Crippen LogP contribution in [0.1, 0.15) is 6.92 Å². The van der Waals surface area contributed by atoms with Gasteiger partial charge in [0.1, 0.15) is 5.75 Å². The minimum Gasteiger partial charge on any atom is -0.354 e. The molecule has 0 saturated heterocycles. The van der Waals surface area contributed by atoms with E-state index in [1.807, 2.05) is 0 Å². The van der Waals surface area contributed by atoms with E-state index in [2.05, 4.69) is 5.32 Å². The van der Waals surface area contributed by atoms with Crippen LogP contribution in [0.25, 0.3) is 0 Å². The van der Waals surface area contributed by atoms with Crippen molar-refractivity contribution in [3.05, 3.63) is 0 Å². The van der Waals surface area contributed by atoms with Crippen molar-refractivity contribution in [3.8, 4) is 0 Å². The van der Waals surface area contributed by atoms with E-state index >= 15 is 0 Å². The zero-order chi connectivity index (χ0) is 9.78. The Bertz CT molecular complexity index is 248. The van der Waals surface area contributed by atoms with Gasteiger partial charge in [-0.25, -0.2) is 8.42 Å². The average Bonchev–Trinajstić information content (AvgIpc) is 1.79. The Kier molecular flexibility index (Phi) is 4.55. The Labute approximate surface area is 77.2 Å². The number of carbonyl (C=O) groups excluding carboxylic acids is 1. The molecule has 0 aromatic rings. The molecule has 0 aliphatic heterocycles. The first-order valence-corrected chi connectivity index (χ1v) is 5.89. The molecule has 0 heterocycles. The zero-order valence-electron chi connectivity index (χ0n) is 7.00. The van der Waals surface area contributed by atoms with Gasteiger partial charge in [-0.1, -0.05) is 0 Å². The van der Waals surface area contributed by atoms with Crippen LogP contribution >= 0.6 is 11.6 Å². The van der Waals surface area contributed by atoms with Crippen LogP contribution in [0.5, 0.6) is 0 Å². The number of hydrogen-bond donors (Lipinski definition) is 1. The van der Waals surface area contributed by atoms with E-state index < -0.39 is 21.5 Å². The van der Waals surface area contributed by atoms with Crippen molar-refractivity contribution in [2.75, 3.05) is 18.6 Å². The molecule has 1 atom stereocenters. The molecule has 6 heteroatoms. The fourth-order valence-electron chi connectivity index (χ4n) is 0.544. The molecule has 1 unspecified atom stereocenters. The highest BCUT2D eigenvalue weighted by molar-refractivity contribution is 7.91. The van der Waals surface area contributed by atoms with Gasteiger partial charge < -0.3 is 5.32 Å². The molecule has 0 radical (unpaired) electrons. The van der Waals surface area contributed by atoms with Gasteiger partial charge in [0, 0.05) is 18.2 Å². The topological polar surface area (TPSA) is 63.2 Å². The summed E-state index contributed by atoms with van der Waals surface area (Å²) < 4.78 is 21.2. The Hall–Kier alpha value is -0.290. The minimum absolute atomic E-state index is 0.187. The number of nitrogens with one attached hydrogen (secondary N) is 1.